The van der Waals surface area contributed by atoms with Crippen molar-refractivity contribution < 1.29 is 37.2 Å². The SMILES string of the molecule is CCOC(=O)CN(CCNS(=O)(=O)c1ccccc1[N+](=O)[O-])C(=O)Cn1ccc(NC(=O)OC(c2ccccc2)c2ccccc2)nc1=O. The predicted octanol–water partition coefficient (Wildman–Crippen LogP) is 2.86. The number of nitro benzene ring substituents is 1. The van der Waals surface area contributed by atoms with Crippen LogP contribution >= 0.6 is 0 Å². The van der Waals surface area contributed by atoms with Gasteiger partial charge >= 0.3 is 17.8 Å². The molecule has 0 unspecified atom stereocenters. The molecule has 0 aliphatic rings. The van der Waals surface area contributed by atoms with E-state index in [2.05, 4.69) is 15.0 Å². The summed E-state index contributed by atoms with van der Waals surface area (Å²) in [5.41, 5.74) is -0.124. The van der Waals surface area contributed by atoms with Gasteiger partial charge in [0, 0.05) is 25.4 Å². The van der Waals surface area contributed by atoms with Gasteiger partial charge < -0.3 is 14.4 Å². The van der Waals surface area contributed by atoms with Crippen molar-refractivity contribution in [3.8, 4) is 0 Å². The Kier molecular flexibility index (Phi) is 12.3. The summed E-state index contributed by atoms with van der Waals surface area (Å²) in [5.74, 6) is -1.70. The normalized spacial score (nSPS) is 11.1. The van der Waals surface area contributed by atoms with Crippen LogP contribution in [-0.4, -0.2) is 72.0 Å². The molecule has 4 rings (SSSR count). The number of benzene rings is 3. The zero-order chi connectivity index (χ0) is 35.4. The first-order valence-electron chi connectivity index (χ1n) is 14.8. The molecule has 0 aliphatic carbocycles. The monoisotopic (exact) mass is 692 g/mol. The van der Waals surface area contributed by atoms with Crippen molar-refractivity contribution in [2.75, 3.05) is 31.6 Å². The molecule has 2 N–H and O–H groups in total. The van der Waals surface area contributed by atoms with Gasteiger partial charge in [0.25, 0.3) is 5.69 Å². The topological polar surface area (TPSA) is 209 Å². The van der Waals surface area contributed by atoms with Crippen LogP contribution in [0.4, 0.5) is 16.3 Å². The van der Waals surface area contributed by atoms with Crippen molar-refractivity contribution in [2.24, 2.45) is 0 Å². The molecule has 49 heavy (non-hydrogen) atoms. The average Bonchev–Trinajstić information content (AvgIpc) is 3.08. The Balaban J connectivity index is 1.42. The molecule has 256 valence electrons. The number of aromatic nitrogens is 2. The fourth-order valence-electron chi connectivity index (χ4n) is 4.57. The van der Waals surface area contributed by atoms with Crippen LogP contribution in [0.2, 0.25) is 0 Å². The van der Waals surface area contributed by atoms with E-state index in [4.69, 9.17) is 9.47 Å². The molecular formula is C32H32N6O10S. The highest BCUT2D eigenvalue weighted by Crippen LogP contribution is 2.26. The van der Waals surface area contributed by atoms with Crippen LogP contribution < -0.4 is 15.7 Å². The molecular weight excluding hydrogens is 660 g/mol. The molecule has 0 saturated heterocycles. The van der Waals surface area contributed by atoms with Gasteiger partial charge in [0.2, 0.25) is 15.9 Å². The molecule has 3 aromatic carbocycles. The number of amides is 2. The Morgan fingerprint density at radius 2 is 1.57 bits per heavy atom. The fourth-order valence-corrected chi connectivity index (χ4v) is 5.76. The summed E-state index contributed by atoms with van der Waals surface area (Å²) in [4.78, 5) is 65.7. The maximum atomic E-state index is 13.2. The third kappa shape index (κ3) is 10.0. The third-order valence-corrected chi connectivity index (χ3v) is 8.35. The summed E-state index contributed by atoms with van der Waals surface area (Å²) >= 11 is 0. The molecule has 1 aromatic heterocycles. The van der Waals surface area contributed by atoms with Gasteiger partial charge in [-0.05, 0) is 30.2 Å². The number of ether oxygens (including phenoxy) is 2. The van der Waals surface area contributed by atoms with Crippen LogP contribution in [0.15, 0.2) is 107 Å². The number of nitrogens with one attached hydrogen (secondary N) is 2. The van der Waals surface area contributed by atoms with Gasteiger partial charge in [-0.15, -0.1) is 0 Å². The number of sulfonamides is 1. The van der Waals surface area contributed by atoms with Gasteiger partial charge in [-0.1, -0.05) is 72.8 Å². The number of nitrogens with zero attached hydrogens (tertiary/aromatic N) is 4. The van der Waals surface area contributed by atoms with Gasteiger partial charge in [0.05, 0.1) is 11.5 Å². The van der Waals surface area contributed by atoms with Crippen LogP contribution in [0.1, 0.15) is 24.2 Å². The molecule has 0 atom stereocenters. The lowest BCUT2D eigenvalue weighted by Gasteiger charge is -2.22. The zero-order valence-corrected chi connectivity index (χ0v) is 26.9. The van der Waals surface area contributed by atoms with E-state index in [-0.39, 0.29) is 19.0 Å². The zero-order valence-electron chi connectivity index (χ0n) is 26.1. The summed E-state index contributed by atoms with van der Waals surface area (Å²) in [6.07, 6.45) is -0.436. The number of hydrogen-bond donors (Lipinski definition) is 2. The molecule has 0 aliphatic heterocycles. The predicted molar refractivity (Wildman–Crippen MR) is 175 cm³/mol. The maximum Gasteiger partial charge on any atom is 0.413 e. The van der Waals surface area contributed by atoms with Crippen LogP contribution in [0.5, 0.6) is 0 Å². The van der Waals surface area contributed by atoms with Crippen molar-refractivity contribution in [1.82, 2.24) is 19.2 Å². The van der Waals surface area contributed by atoms with Crippen molar-refractivity contribution in [1.29, 1.82) is 0 Å². The third-order valence-electron chi connectivity index (χ3n) is 6.84. The van der Waals surface area contributed by atoms with E-state index in [1.165, 1.54) is 24.4 Å². The highest BCUT2D eigenvalue weighted by Gasteiger charge is 2.26. The van der Waals surface area contributed by atoms with Gasteiger partial charge in [-0.3, -0.25) is 29.6 Å². The smallest absolute Gasteiger partial charge is 0.413 e. The quantitative estimate of drug-likeness (QED) is 0.105. The Morgan fingerprint density at radius 1 is 0.959 bits per heavy atom. The Morgan fingerprint density at radius 3 is 2.16 bits per heavy atom. The van der Waals surface area contributed by atoms with E-state index in [1.807, 2.05) is 12.1 Å². The number of rotatable bonds is 15. The number of para-hydroxylation sites is 1. The largest absolute Gasteiger partial charge is 0.465 e. The Labute approximate surface area is 280 Å². The molecule has 0 fully saturated rings. The first-order chi connectivity index (χ1) is 23.5. The highest BCUT2D eigenvalue weighted by molar-refractivity contribution is 7.89. The minimum atomic E-state index is -4.37. The average molecular weight is 693 g/mol. The van der Waals surface area contributed by atoms with Crippen LogP contribution in [0.25, 0.3) is 0 Å². The first kappa shape index (κ1) is 35.9. The van der Waals surface area contributed by atoms with Crippen molar-refractivity contribution in [3.05, 3.63) is 129 Å². The molecule has 17 heteroatoms. The number of carbonyl (C=O) groups excluding carboxylic acids is 3. The van der Waals surface area contributed by atoms with E-state index >= 15 is 0 Å². The van der Waals surface area contributed by atoms with Crippen molar-refractivity contribution >= 4 is 39.5 Å². The van der Waals surface area contributed by atoms with Crippen LogP contribution in [0, 0.1) is 10.1 Å². The lowest BCUT2D eigenvalue weighted by atomic mass is 10.0. The molecule has 0 saturated carbocycles. The Hall–Kier alpha value is -5.94. The number of hydrogen-bond acceptors (Lipinski definition) is 11. The minimum Gasteiger partial charge on any atom is -0.465 e. The molecule has 4 aromatic rings. The highest BCUT2D eigenvalue weighted by atomic mass is 32.2. The van der Waals surface area contributed by atoms with Gasteiger partial charge in [0.15, 0.2) is 11.0 Å². The summed E-state index contributed by atoms with van der Waals surface area (Å²) in [6, 6.07) is 24.1. The Bertz CT molecular complexity index is 1920. The van der Waals surface area contributed by atoms with E-state index in [0.717, 1.165) is 21.6 Å². The molecule has 2 amide bonds. The summed E-state index contributed by atoms with van der Waals surface area (Å²) in [5, 5.41) is 13.7. The van der Waals surface area contributed by atoms with Crippen LogP contribution in [-0.2, 0) is 35.6 Å². The molecule has 0 spiro atoms. The van der Waals surface area contributed by atoms with Gasteiger partial charge in [0.1, 0.15) is 18.9 Å². The second-order valence-corrected chi connectivity index (χ2v) is 11.9. The molecule has 0 radical (unpaired) electrons. The van der Waals surface area contributed by atoms with E-state index in [0.29, 0.717) is 11.1 Å². The second-order valence-electron chi connectivity index (χ2n) is 10.2. The number of nitro groups is 1. The molecule has 0 bridgehead atoms. The van der Waals surface area contributed by atoms with E-state index in [9.17, 15) is 37.7 Å². The maximum absolute atomic E-state index is 13.2. The number of anilines is 1. The minimum absolute atomic E-state index is 0.0168. The van der Waals surface area contributed by atoms with E-state index < -0.39 is 74.9 Å². The second kappa shape index (κ2) is 16.8. The lowest BCUT2D eigenvalue weighted by Crippen LogP contribution is -2.44. The van der Waals surface area contributed by atoms with Gasteiger partial charge in [-0.25, -0.2) is 22.7 Å². The molecule has 1 heterocycles. The summed E-state index contributed by atoms with van der Waals surface area (Å²) in [6.45, 7) is -0.373. The fraction of sp³-hybridized carbons (Fsp3) is 0.219. The van der Waals surface area contributed by atoms with Crippen molar-refractivity contribution in [3.63, 3.8) is 0 Å². The molecule has 16 nitrogen and oxygen atoms in total. The van der Waals surface area contributed by atoms with E-state index in [1.54, 1.807) is 55.5 Å². The number of carbonyl (C=O) groups is 3. The lowest BCUT2D eigenvalue weighted by molar-refractivity contribution is -0.387. The summed E-state index contributed by atoms with van der Waals surface area (Å²) < 4.78 is 39.2. The number of esters is 1. The first-order valence-corrected chi connectivity index (χ1v) is 16.3. The van der Waals surface area contributed by atoms with Gasteiger partial charge in [-0.2, -0.15) is 4.98 Å². The standard InChI is InChI=1S/C32H32N6O10S/c1-2-47-29(40)22-36(20-18-33-49(45,46)26-16-10-9-15-25(26)38(43)44)28(39)21-37-19-17-27(34-31(37)41)35-32(42)48-30(23-11-5-3-6-12-23)24-13-7-4-8-14-24/h3-17,19,30,33H,2,18,20-22H2,1H3,(H,34,35,41,42). The summed E-state index contributed by atoms with van der Waals surface area (Å²) in [7, 11) is -4.37. The van der Waals surface area contributed by atoms with Crippen LogP contribution in [0.3, 0.4) is 0 Å². The van der Waals surface area contributed by atoms with Crippen molar-refractivity contribution in [2.45, 2.75) is 24.5 Å².